The molecule has 2 heterocycles. The molecule has 1 aliphatic rings. The molecule has 7 heteroatoms. The molecule has 0 spiro atoms. The smallest absolute Gasteiger partial charge is 0.306 e. The summed E-state index contributed by atoms with van der Waals surface area (Å²) in [5, 5.41) is 11.5. The molecule has 7 nitrogen and oxygen atoms in total. The SMILES string of the molecule is O=C(NC1CC(C(=O)O)C1)c1ccc(-c2ccco2)[nH]c1=O. The maximum atomic E-state index is 12.0. The molecule has 2 aromatic heterocycles. The number of aromatic nitrogens is 1. The van der Waals surface area contributed by atoms with Gasteiger partial charge >= 0.3 is 5.97 Å². The number of rotatable bonds is 4. The summed E-state index contributed by atoms with van der Waals surface area (Å²) in [7, 11) is 0. The quantitative estimate of drug-likeness (QED) is 0.786. The van der Waals surface area contributed by atoms with Gasteiger partial charge in [0, 0.05) is 6.04 Å². The van der Waals surface area contributed by atoms with E-state index in [1.54, 1.807) is 18.2 Å². The molecule has 0 saturated heterocycles. The van der Waals surface area contributed by atoms with Crippen LogP contribution in [0.15, 0.2) is 39.7 Å². The molecule has 1 fully saturated rings. The van der Waals surface area contributed by atoms with Crippen molar-refractivity contribution >= 4 is 11.9 Å². The molecule has 114 valence electrons. The minimum atomic E-state index is -0.855. The van der Waals surface area contributed by atoms with Crippen molar-refractivity contribution in [1.29, 1.82) is 0 Å². The van der Waals surface area contributed by atoms with Crippen molar-refractivity contribution in [3.05, 3.63) is 46.4 Å². The Bertz CT molecular complexity index is 756. The molecule has 0 aliphatic heterocycles. The lowest BCUT2D eigenvalue weighted by Gasteiger charge is -2.32. The van der Waals surface area contributed by atoms with Gasteiger partial charge in [0.25, 0.3) is 11.5 Å². The van der Waals surface area contributed by atoms with Crippen LogP contribution in [0.1, 0.15) is 23.2 Å². The molecule has 1 amide bonds. The third kappa shape index (κ3) is 2.65. The number of aromatic amines is 1. The lowest BCUT2D eigenvalue weighted by atomic mass is 9.80. The Hall–Kier alpha value is -2.83. The van der Waals surface area contributed by atoms with Crippen LogP contribution < -0.4 is 10.9 Å². The number of hydrogen-bond acceptors (Lipinski definition) is 4. The Labute approximate surface area is 125 Å². The lowest BCUT2D eigenvalue weighted by molar-refractivity contribution is -0.145. The van der Waals surface area contributed by atoms with E-state index in [9.17, 15) is 14.4 Å². The predicted octanol–water partition coefficient (Wildman–Crippen LogP) is 1.23. The van der Waals surface area contributed by atoms with Crippen LogP contribution in [0.2, 0.25) is 0 Å². The van der Waals surface area contributed by atoms with Gasteiger partial charge in [-0.05, 0) is 37.1 Å². The fourth-order valence-electron chi connectivity index (χ4n) is 2.43. The number of carboxylic acids is 1. The van der Waals surface area contributed by atoms with E-state index in [2.05, 4.69) is 10.3 Å². The molecule has 0 aromatic carbocycles. The van der Waals surface area contributed by atoms with Gasteiger partial charge in [0.1, 0.15) is 11.3 Å². The Balaban J connectivity index is 1.69. The van der Waals surface area contributed by atoms with Gasteiger partial charge in [-0.2, -0.15) is 0 Å². The van der Waals surface area contributed by atoms with Gasteiger partial charge in [-0.25, -0.2) is 0 Å². The van der Waals surface area contributed by atoms with Crippen molar-refractivity contribution in [3.63, 3.8) is 0 Å². The van der Waals surface area contributed by atoms with Crippen molar-refractivity contribution in [2.45, 2.75) is 18.9 Å². The monoisotopic (exact) mass is 302 g/mol. The van der Waals surface area contributed by atoms with Crippen LogP contribution in [0.5, 0.6) is 0 Å². The number of furan rings is 1. The standard InChI is InChI=1S/C15H14N2O5/c18-13(16-9-6-8(7-9)15(20)21)10-3-4-11(17-14(10)19)12-2-1-5-22-12/h1-5,8-9H,6-7H2,(H,16,18)(H,17,19)(H,20,21). The third-order valence-corrected chi connectivity index (χ3v) is 3.76. The van der Waals surface area contributed by atoms with E-state index >= 15 is 0 Å². The van der Waals surface area contributed by atoms with Crippen molar-refractivity contribution < 1.29 is 19.1 Å². The second kappa shape index (κ2) is 5.51. The number of carbonyl (C=O) groups is 2. The zero-order valence-corrected chi connectivity index (χ0v) is 11.5. The molecular weight excluding hydrogens is 288 g/mol. The number of H-pyrrole nitrogens is 1. The van der Waals surface area contributed by atoms with E-state index in [1.807, 2.05) is 0 Å². The average Bonchev–Trinajstić information content (AvgIpc) is 2.95. The Morgan fingerprint density at radius 3 is 2.64 bits per heavy atom. The third-order valence-electron chi connectivity index (χ3n) is 3.76. The summed E-state index contributed by atoms with van der Waals surface area (Å²) in [6.45, 7) is 0. The molecule has 3 rings (SSSR count). The van der Waals surface area contributed by atoms with Crippen molar-refractivity contribution in [1.82, 2.24) is 10.3 Å². The molecule has 0 atom stereocenters. The Morgan fingerprint density at radius 1 is 1.27 bits per heavy atom. The highest BCUT2D eigenvalue weighted by molar-refractivity contribution is 5.94. The average molecular weight is 302 g/mol. The molecule has 2 aromatic rings. The number of hydrogen-bond donors (Lipinski definition) is 3. The van der Waals surface area contributed by atoms with Crippen LogP contribution in [0, 0.1) is 5.92 Å². The minimum Gasteiger partial charge on any atom is -0.481 e. The predicted molar refractivity (Wildman–Crippen MR) is 76.4 cm³/mol. The van der Waals surface area contributed by atoms with Gasteiger partial charge in [0.15, 0.2) is 0 Å². The zero-order valence-electron chi connectivity index (χ0n) is 11.5. The van der Waals surface area contributed by atoms with E-state index in [4.69, 9.17) is 9.52 Å². The van der Waals surface area contributed by atoms with Crippen LogP contribution >= 0.6 is 0 Å². The fraction of sp³-hybridized carbons (Fsp3) is 0.267. The van der Waals surface area contributed by atoms with Gasteiger partial charge in [-0.1, -0.05) is 0 Å². The van der Waals surface area contributed by atoms with Gasteiger partial charge in [0.2, 0.25) is 0 Å². The highest BCUT2D eigenvalue weighted by Gasteiger charge is 2.35. The van der Waals surface area contributed by atoms with Crippen LogP contribution in [-0.2, 0) is 4.79 Å². The van der Waals surface area contributed by atoms with Crippen molar-refractivity contribution in [2.75, 3.05) is 0 Å². The Morgan fingerprint density at radius 2 is 2.05 bits per heavy atom. The summed E-state index contributed by atoms with van der Waals surface area (Å²) in [5.41, 5.74) is -0.0317. The molecule has 0 bridgehead atoms. The van der Waals surface area contributed by atoms with Gasteiger partial charge in [0.05, 0.1) is 17.9 Å². The van der Waals surface area contributed by atoms with Crippen LogP contribution in [0.4, 0.5) is 0 Å². The normalized spacial score (nSPS) is 20.2. The van der Waals surface area contributed by atoms with Crippen LogP contribution in [-0.4, -0.2) is 28.0 Å². The number of carbonyl (C=O) groups excluding carboxylic acids is 1. The van der Waals surface area contributed by atoms with E-state index < -0.39 is 23.4 Å². The first-order valence-corrected chi connectivity index (χ1v) is 6.85. The molecule has 1 saturated carbocycles. The molecule has 22 heavy (non-hydrogen) atoms. The minimum absolute atomic E-state index is 0.00548. The first-order chi connectivity index (χ1) is 10.5. The maximum absolute atomic E-state index is 12.0. The summed E-state index contributed by atoms with van der Waals surface area (Å²) in [4.78, 5) is 37.3. The van der Waals surface area contributed by atoms with Gasteiger partial charge < -0.3 is 19.8 Å². The van der Waals surface area contributed by atoms with Gasteiger partial charge in [-0.15, -0.1) is 0 Å². The van der Waals surface area contributed by atoms with E-state index in [0.29, 0.717) is 24.3 Å². The highest BCUT2D eigenvalue weighted by atomic mass is 16.4. The molecule has 0 radical (unpaired) electrons. The first-order valence-electron chi connectivity index (χ1n) is 6.85. The zero-order chi connectivity index (χ0) is 15.7. The van der Waals surface area contributed by atoms with Gasteiger partial charge in [-0.3, -0.25) is 14.4 Å². The van der Waals surface area contributed by atoms with Crippen molar-refractivity contribution in [3.8, 4) is 11.5 Å². The van der Waals surface area contributed by atoms with E-state index in [0.717, 1.165) is 0 Å². The first kappa shape index (κ1) is 14.1. The Kier molecular flexibility index (Phi) is 3.54. The fourth-order valence-corrected chi connectivity index (χ4v) is 2.43. The highest BCUT2D eigenvalue weighted by Crippen LogP contribution is 2.27. The summed E-state index contributed by atoms with van der Waals surface area (Å²) >= 11 is 0. The van der Waals surface area contributed by atoms with E-state index in [-0.39, 0.29) is 11.6 Å². The second-order valence-electron chi connectivity index (χ2n) is 5.27. The second-order valence-corrected chi connectivity index (χ2v) is 5.27. The summed E-state index contributed by atoms with van der Waals surface area (Å²) in [6, 6.07) is 6.22. The molecule has 0 unspecified atom stereocenters. The number of carboxylic acid groups (broad SMARTS) is 1. The summed E-state index contributed by atoms with van der Waals surface area (Å²) in [6.07, 6.45) is 2.27. The maximum Gasteiger partial charge on any atom is 0.306 e. The molecule has 1 aliphatic carbocycles. The van der Waals surface area contributed by atoms with E-state index in [1.165, 1.54) is 12.3 Å². The number of aliphatic carboxylic acids is 1. The van der Waals surface area contributed by atoms with Crippen LogP contribution in [0.3, 0.4) is 0 Å². The lowest BCUT2D eigenvalue weighted by Crippen LogP contribution is -2.47. The number of amides is 1. The molecular formula is C15H14N2O5. The van der Waals surface area contributed by atoms with Crippen LogP contribution in [0.25, 0.3) is 11.5 Å². The number of pyridine rings is 1. The van der Waals surface area contributed by atoms with Crippen molar-refractivity contribution in [2.24, 2.45) is 5.92 Å². The topological polar surface area (TPSA) is 112 Å². The number of nitrogens with one attached hydrogen (secondary N) is 2. The largest absolute Gasteiger partial charge is 0.481 e. The summed E-state index contributed by atoms with van der Waals surface area (Å²) < 4.78 is 5.17. The summed E-state index contributed by atoms with van der Waals surface area (Å²) in [5.74, 6) is -1.26. The molecule has 3 N–H and O–H groups in total.